The molecule has 3 nitrogen and oxygen atoms in total. The van der Waals surface area contributed by atoms with E-state index in [0.717, 1.165) is 18.9 Å². The Bertz CT molecular complexity index is 718. The van der Waals surface area contributed by atoms with E-state index in [1.807, 2.05) is 0 Å². The molecule has 1 atom stereocenters. The summed E-state index contributed by atoms with van der Waals surface area (Å²) in [6.07, 6.45) is 0.962. The van der Waals surface area contributed by atoms with Crippen molar-refractivity contribution in [3.8, 4) is 0 Å². The second-order valence-electron chi connectivity index (χ2n) is 5.19. The average Bonchev–Trinajstić information content (AvgIpc) is 2.86. The van der Waals surface area contributed by atoms with Gasteiger partial charge in [0.25, 0.3) is 0 Å². The van der Waals surface area contributed by atoms with Crippen LogP contribution in [0.4, 0.5) is 5.69 Å². The van der Waals surface area contributed by atoms with Crippen LogP contribution in [0.2, 0.25) is 0 Å². The van der Waals surface area contributed by atoms with E-state index in [9.17, 15) is 0 Å². The van der Waals surface area contributed by atoms with Crippen LogP contribution in [-0.2, 0) is 6.42 Å². The molecule has 2 aliphatic heterocycles. The second-order valence-corrected chi connectivity index (χ2v) is 5.19. The van der Waals surface area contributed by atoms with Crippen LogP contribution in [0.15, 0.2) is 58.5 Å². The third-order valence-electron chi connectivity index (χ3n) is 4.12. The average molecular weight is 261 g/mol. The van der Waals surface area contributed by atoms with Gasteiger partial charge >= 0.3 is 0 Å². The molecule has 0 aliphatic carbocycles. The molecule has 0 saturated heterocycles. The van der Waals surface area contributed by atoms with Crippen LogP contribution in [0.25, 0.3) is 0 Å². The Hall–Kier alpha value is -2.42. The Morgan fingerprint density at radius 2 is 1.80 bits per heavy atom. The monoisotopic (exact) mass is 261 g/mol. The van der Waals surface area contributed by atoms with Gasteiger partial charge in [-0.2, -0.15) is 0 Å². The largest absolute Gasteiger partial charge is 0.301 e. The van der Waals surface area contributed by atoms with E-state index in [1.54, 1.807) is 0 Å². The van der Waals surface area contributed by atoms with Crippen LogP contribution < -0.4 is 4.90 Å². The number of hydrogen-bond acceptors (Lipinski definition) is 3. The standard InChI is InChI=1S/C17H15N3/c1-18-17-19-11-16-14-8-4-2-6-12(14)10-13-7-3-5-9-15(13)20(16)17/h2-9,16H,1,10-11H2. The van der Waals surface area contributed by atoms with E-state index >= 15 is 0 Å². The number of rotatable bonds is 0. The van der Waals surface area contributed by atoms with Crippen molar-refractivity contribution < 1.29 is 0 Å². The summed E-state index contributed by atoms with van der Waals surface area (Å²) in [5, 5.41) is 0. The summed E-state index contributed by atoms with van der Waals surface area (Å²) < 4.78 is 0. The second kappa shape index (κ2) is 4.30. The van der Waals surface area contributed by atoms with E-state index in [0.29, 0.717) is 0 Å². The Balaban J connectivity index is 1.97. The highest BCUT2D eigenvalue weighted by Crippen LogP contribution is 2.40. The first kappa shape index (κ1) is 11.4. The van der Waals surface area contributed by atoms with Gasteiger partial charge in [0.05, 0.1) is 12.6 Å². The topological polar surface area (TPSA) is 28.0 Å². The van der Waals surface area contributed by atoms with Gasteiger partial charge in [0, 0.05) is 5.69 Å². The molecule has 0 bridgehead atoms. The van der Waals surface area contributed by atoms with Gasteiger partial charge in [0.1, 0.15) is 0 Å². The number of guanidine groups is 1. The molecule has 0 fully saturated rings. The minimum atomic E-state index is 0.246. The molecule has 0 aromatic heterocycles. The molecule has 3 heteroatoms. The first-order valence-corrected chi connectivity index (χ1v) is 6.84. The number of benzene rings is 2. The zero-order valence-corrected chi connectivity index (χ0v) is 11.2. The van der Waals surface area contributed by atoms with Gasteiger partial charge in [-0.1, -0.05) is 42.5 Å². The van der Waals surface area contributed by atoms with Crippen molar-refractivity contribution in [1.29, 1.82) is 0 Å². The van der Waals surface area contributed by atoms with Gasteiger partial charge in [-0.05, 0) is 35.9 Å². The lowest BCUT2D eigenvalue weighted by Gasteiger charge is -2.26. The lowest BCUT2D eigenvalue weighted by Crippen LogP contribution is -2.29. The van der Waals surface area contributed by atoms with E-state index in [-0.39, 0.29) is 6.04 Å². The number of aliphatic imine (C=N–C) groups is 2. The van der Waals surface area contributed by atoms with Gasteiger partial charge in [-0.3, -0.25) is 0 Å². The normalized spacial score (nSPS) is 19.5. The lowest BCUT2D eigenvalue weighted by molar-refractivity contribution is 0.768. The lowest BCUT2D eigenvalue weighted by atomic mass is 9.97. The number of nitrogens with zero attached hydrogens (tertiary/aromatic N) is 3. The summed E-state index contributed by atoms with van der Waals surface area (Å²) in [7, 11) is 0. The van der Waals surface area contributed by atoms with E-state index in [1.165, 1.54) is 22.4 Å². The quantitative estimate of drug-likeness (QED) is 0.669. The number of fused-ring (bicyclic) bond motifs is 5. The molecule has 20 heavy (non-hydrogen) atoms. The van der Waals surface area contributed by atoms with Crippen LogP contribution in [0, 0.1) is 0 Å². The van der Waals surface area contributed by atoms with E-state index in [4.69, 9.17) is 0 Å². The molecule has 2 heterocycles. The maximum Gasteiger partial charge on any atom is 0.225 e. The predicted molar refractivity (Wildman–Crippen MR) is 82.8 cm³/mol. The first-order valence-electron chi connectivity index (χ1n) is 6.84. The molecular formula is C17H15N3. The first-order chi connectivity index (χ1) is 9.88. The third kappa shape index (κ3) is 1.53. The fourth-order valence-corrected chi connectivity index (χ4v) is 3.23. The molecule has 0 spiro atoms. The number of para-hydroxylation sites is 1. The Kier molecular flexibility index (Phi) is 2.46. The Labute approximate surface area is 118 Å². The highest BCUT2D eigenvalue weighted by molar-refractivity contribution is 6.02. The van der Waals surface area contributed by atoms with Crippen molar-refractivity contribution in [2.45, 2.75) is 12.5 Å². The highest BCUT2D eigenvalue weighted by Gasteiger charge is 2.34. The zero-order valence-electron chi connectivity index (χ0n) is 11.2. The van der Waals surface area contributed by atoms with Crippen LogP contribution in [0.5, 0.6) is 0 Å². The zero-order chi connectivity index (χ0) is 13.5. The van der Waals surface area contributed by atoms with Crippen molar-refractivity contribution in [1.82, 2.24) is 0 Å². The van der Waals surface area contributed by atoms with Gasteiger partial charge in [0.15, 0.2) is 0 Å². The van der Waals surface area contributed by atoms with Crippen LogP contribution in [-0.4, -0.2) is 19.2 Å². The third-order valence-corrected chi connectivity index (χ3v) is 4.12. The van der Waals surface area contributed by atoms with Crippen LogP contribution >= 0.6 is 0 Å². The van der Waals surface area contributed by atoms with E-state index in [2.05, 4.69) is 70.1 Å². The van der Waals surface area contributed by atoms with Crippen LogP contribution in [0.1, 0.15) is 22.7 Å². The summed E-state index contributed by atoms with van der Waals surface area (Å²) in [6, 6.07) is 17.4. The van der Waals surface area contributed by atoms with Crippen molar-refractivity contribution >= 4 is 18.4 Å². The van der Waals surface area contributed by atoms with Crippen molar-refractivity contribution in [3.05, 3.63) is 65.2 Å². The molecule has 98 valence electrons. The molecule has 1 unspecified atom stereocenters. The fourth-order valence-electron chi connectivity index (χ4n) is 3.23. The van der Waals surface area contributed by atoms with Crippen molar-refractivity contribution in [2.75, 3.05) is 11.4 Å². The Morgan fingerprint density at radius 3 is 2.65 bits per heavy atom. The minimum absolute atomic E-state index is 0.246. The number of anilines is 1. The molecule has 0 N–H and O–H groups in total. The van der Waals surface area contributed by atoms with Crippen molar-refractivity contribution in [3.63, 3.8) is 0 Å². The maximum atomic E-state index is 4.55. The molecule has 0 amide bonds. The fraction of sp³-hybridized carbons (Fsp3) is 0.176. The highest BCUT2D eigenvalue weighted by atomic mass is 15.3. The smallest absolute Gasteiger partial charge is 0.225 e. The maximum absolute atomic E-state index is 4.55. The summed E-state index contributed by atoms with van der Waals surface area (Å²) in [4.78, 5) is 10.9. The Morgan fingerprint density at radius 1 is 1.05 bits per heavy atom. The molecule has 2 aromatic rings. The molecule has 4 rings (SSSR count). The molecule has 2 aromatic carbocycles. The van der Waals surface area contributed by atoms with Gasteiger partial charge < -0.3 is 4.90 Å². The summed E-state index contributed by atoms with van der Waals surface area (Å²) in [6.45, 7) is 4.42. The van der Waals surface area contributed by atoms with Crippen LogP contribution in [0.3, 0.4) is 0 Å². The minimum Gasteiger partial charge on any atom is -0.301 e. The summed E-state index contributed by atoms with van der Waals surface area (Å²) in [5.74, 6) is 0.735. The summed E-state index contributed by atoms with van der Waals surface area (Å²) in [5.41, 5.74) is 5.26. The van der Waals surface area contributed by atoms with E-state index < -0.39 is 0 Å². The van der Waals surface area contributed by atoms with Crippen molar-refractivity contribution in [2.24, 2.45) is 9.98 Å². The molecule has 0 saturated carbocycles. The number of hydrogen-bond donors (Lipinski definition) is 0. The summed E-state index contributed by atoms with van der Waals surface area (Å²) >= 11 is 0. The van der Waals surface area contributed by atoms with Gasteiger partial charge in [0.2, 0.25) is 5.96 Å². The molecule has 0 radical (unpaired) electrons. The SMILES string of the molecule is C=NC1=NCC2c3ccccc3Cc3ccccc3N12. The molecular weight excluding hydrogens is 246 g/mol. The van der Waals surface area contributed by atoms with Gasteiger partial charge in [-0.25, -0.2) is 9.98 Å². The molecule has 2 aliphatic rings. The van der Waals surface area contributed by atoms with Gasteiger partial charge in [-0.15, -0.1) is 0 Å². The predicted octanol–water partition coefficient (Wildman–Crippen LogP) is 3.21.